The van der Waals surface area contributed by atoms with Gasteiger partial charge in [-0.15, -0.1) is 0 Å². The summed E-state index contributed by atoms with van der Waals surface area (Å²) in [6.45, 7) is 7.01. The Kier molecular flexibility index (Phi) is 16.5. The molecule has 0 aliphatic heterocycles. The Morgan fingerprint density at radius 1 is 1.05 bits per heavy atom. The number of amides is 1. The van der Waals surface area contributed by atoms with Gasteiger partial charge >= 0.3 is 5.97 Å². The quantitative estimate of drug-likeness (QED) is 0.114. The number of aliphatic hydroxyl groups is 1. The van der Waals surface area contributed by atoms with Crippen LogP contribution in [0.1, 0.15) is 57.3 Å². The van der Waals surface area contributed by atoms with Crippen molar-refractivity contribution in [2.24, 2.45) is 5.41 Å². The minimum absolute atomic E-state index is 0.0354. The summed E-state index contributed by atoms with van der Waals surface area (Å²) in [7, 11) is -4.30. The van der Waals surface area contributed by atoms with Crippen molar-refractivity contribution in [1.82, 2.24) is 5.32 Å². The molecule has 1 aromatic rings. The molecule has 2 atom stereocenters. The van der Waals surface area contributed by atoms with Crippen molar-refractivity contribution in [2.75, 3.05) is 42.0 Å². The summed E-state index contributed by atoms with van der Waals surface area (Å²) in [6.07, 6.45) is 2.23. The van der Waals surface area contributed by atoms with Gasteiger partial charge in [-0.1, -0.05) is 44.0 Å². The molecular weight excluding hydrogens is 609 g/mol. The summed E-state index contributed by atoms with van der Waals surface area (Å²) in [5.74, 6) is 2.08. The van der Waals surface area contributed by atoms with Crippen LogP contribution >= 0.6 is 46.7 Å². The predicted molar refractivity (Wildman–Crippen MR) is 160 cm³/mol. The number of rotatable bonds is 18. The van der Waals surface area contributed by atoms with Crippen molar-refractivity contribution in [1.29, 1.82) is 0 Å². The maximum absolute atomic E-state index is 12.7. The fourth-order valence-corrected chi connectivity index (χ4v) is 6.59. The van der Waals surface area contributed by atoms with Gasteiger partial charge in [0.25, 0.3) is 16.0 Å². The maximum atomic E-state index is 12.7. The van der Waals surface area contributed by atoms with Crippen LogP contribution in [0.3, 0.4) is 0 Å². The van der Waals surface area contributed by atoms with E-state index in [9.17, 15) is 27.7 Å². The zero-order valence-electron chi connectivity index (χ0n) is 22.7. The second-order valence-corrected chi connectivity index (χ2v) is 14.6. The molecule has 14 heteroatoms. The van der Waals surface area contributed by atoms with Crippen LogP contribution in [0.25, 0.3) is 0 Å². The van der Waals surface area contributed by atoms with E-state index in [-0.39, 0.29) is 28.0 Å². The van der Waals surface area contributed by atoms with Crippen molar-refractivity contribution in [3.05, 3.63) is 27.7 Å². The molecule has 0 radical (unpaired) electrons. The molecule has 0 spiro atoms. The van der Waals surface area contributed by atoms with Crippen molar-refractivity contribution >= 4 is 68.7 Å². The molecule has 1 rings (SSSR count). The average molecular weight is 649 g/mol. The number of esters is 1. The summed E-state index contributed by atoms with van der Waals surface area (Å²) in [5, 5.41) is 12.7. The standard InChI is InChI=1S/C25H39Cl2NO8S3/c1-17(29)36-14-19(30)15-38-10-6-5-9-37-11-7-8-35-23-20(26)12-18(13-21(23)27)24(31)28-22(25(2,3)4)16-39(32,33)34/h12-13,19,22,30H,5-11,14-16H2,1-4H3,(H,28,31)(H,32,33,34). The van der Waals surface area contributed by atoms with E-state index in [1.54, 1.807) is 32.5 Å². The number of benzene rings is 1. The molecule has 0 bridgehead atoms. The normalized spacial score (nSPS) is 13.5. The lowest BCUT2D eigenvalue weighted by Gasteiger charge is -2.30. The number of unbranched alkanes of at least 4 members (excludes halogenated alkanes) is 1. The summed E-state index contributed by atoms with van der Waals surface area (Å²) in [6, 6.07) is 1.98. The highest BCUT2D eigenvalue weighted by molar-refractivity contribution is 7.99. The van der Waals surface area contributed by atoms with E-state index in [0.29, 0.717) is 12.4 Å². The number of hydrogen-bond acceptors (Lipinski definition) is 9. The van der Waals surface area contributed by atoms with Crippen LogP contribution in [0.5, 0.6) is 5.75 Å². The first kappa shape index (κ1) is 36.1. The average Bonchev–Trinajstić information content (AvgIpc) is 2.80. The Labute approximate surface area is 250 Å². The van der Waals surface area contributed by atoms with E-state index in [1.807, 2.05) is 11.8 Å². The van der Waals surface area contributed by atoms with E-state index in [1.165, 1.54) is 19.1 Å². The topological polar surface area (TPSA) is 139 Å². The van der Waals surface area contributed by atoms with Crippen molar-refractivity contribution in [3.8, 4) is 5.75 Å². The lowest BCUT2D eigenvalue weighted by molar-refractivity contribution is -0.143. The van der Waals surface area contributed by atoms with Gasteiger partial charge in [0.1, 0.15) is 6.61 Å². The molecule has 1 amide bonds. The smallest absolute Gasteiger partial charge is 0.302 e. The summed E-state index contributed by atoms with van der Waals surface area (Å²) >= 11 is 16.1. The first-order valence-electron chi connectivity index (χ1n) is 12.4. The number of halogens is 2. The molecule has 0 saturated heterocycles. The van der Waals surface area contributed by atoms with Gasteiger partial charge in [-0.25, -0.2) is 0 Å². The first-order chi connectivity index (χ1) is 18.1. The second-order valence-electron chi connectivity index (χ2n) is 9.96. The van der Waals surface area contributed by atoms with Crippen LogP contribution in [0.4, 0.5) is 0 Å². The van der Waals surface area contributed by atoms with Crippen LogP contribution in [0.15, 0.2) is 12.1 Å². The summed E-state index contributed by atoms with van der Waals surface area (Å²) < 4.78 is 42.5. The van der Waals surface area contributed by atoms with E-state index >= 15 is 0 Å². The van der Waals surface area contributed by atoms with E-state index in [4.69, 9.17) is 32.7 Å². The highest BCUT2D eigenvalue weighted by Gasteiger charge is 2.31. The number of carbonyl (C=O) groups is 2. The van der Waals surface area contributed by atoms with Crippen LogP contribution in [-0.4, -0.2) is 84.1 Å². The van der Waals surface area contributed by atoms with Crippen molar-refractivity contribution < 1.29 is 37.1 Å². The van der Waals surface area contributed by atoms with Gasteiger partial charge in [-0.05, 0) is 54.1 Å². The van der Waals surface area contributed by atoms with E-state index < -0.39 is 45.3 Å². The maximum Gasteiger partial charge on any atom is 0.302 e. The largest absolute Gasteiger partial charge is 0.490 e. The molecule has 1 aromatic carbocycles. The molecule has 0 fully saturated rings. The Bertz CT molecular complexity index is 1010. The van der Waals surface area contributed by atoms with E-state index in [2.05, 4.69) is 5.32 Å². The third kappa shape index (κ3) is 16.2. The molecule has 0 aliphatic rings. The highest BCUT2D eigenvalue weighted by atomic mass is 35.5. The second kappa shape index (κ2) is 17.8. The molecule has 39 heavy (non-hydrogen) atoms. The Morgan fingerprint density at radius 3 is 2.15 bits per heavy atom. The van der Waals surface area contributed by atoms with Crippen LogP contribution in [-0.2, 0) is 19.6 Å². The van der Waals surface area contributed by atoms with Crippen LogP contribution in [0, 0.1) is 5.41 Å². The van der Waals surface area contributed by atoms with Gasteiger partial charge in [0.2, 0.25) is 0 Å². The number of hydrogen-bond donors (Lipinski definition) is 3. The number of thioether (sulfide) groups is 2. The SMILES string of the molecule is CC(=O)OCC(O)CSCCCCSCCCOc1c(Cl)cc(C(=O)NC(CS(=O)(=O)O)C(C)(C)C)cc1Cl. The number of carbonyl (C=O) groups excluding carboxylic acids is 2. The predicted octanol–water partition coefficient (Wildman–Crippen LogP) is 4.97. The zero-order valence-corrected chi connectivity index (χ0v) is 26.7. The molecule has 0 saturated carbocycles. The number of ether oxygens (including phenoxy) is 2. The minimum Gasteiger partial charge on any atom is -0.490 e. The first-order valence-corrected chi connectivity index (χ1v) is 17.1. The summed E-state index contributed by atoms with van der Waals surface area (Å²) in [5.41, 5.74) is -0.481. The Morgan fingerprint density at radius 2 is 1.62 bits per heavy atom. The van der Waals surface area contributed by atoms with Gasteiger partial charge < -0.3 is 19.9 Å². The Balaban J connectivity index is 2.37. The molecular formula is C25H39Cl2NO8S3. The van der Waals surface area contributed by atoms with Gasteiger partial charge in [-0.3, -0.25) is 14.1 Å². The molecule has 0 aliphatic carbocycles. The van der Waals surface area contributed by atoms with Crippen molar-refractivity contribution in [2.45, 2.75) is 59.1 Å². The molecule has 2 unspecified atom stereocenters. The highest BCUT2D eigenvalue weighted by Crippen LogP contribution is 2.34. The van der Waals surface area contributed by atoms with Crippen LogP contribution < -0.4 is 10.1 Å². The van der Waals surface area contributed by atoms with Gasteiger partial charge in [0.05, 0.1) is 34.6 Å². The lowest BCUT2D eigenvalue weighted by Crippen LogP contribution is -2.47. The lowest BCUT2D eigenvalue weighted by atomic mass is 9.87. The number of nitrogens with one attached hydrogen (secondary N) is 1. The van der Waals surface area contributed by atoms with Crippen LogP contribution in [0.2, 0.25) is 10.0 Å². The molecule has 0 heterocycles. The van der Waals surface area contributed by atoms with E-state index in [0.717, 1.165) is 36.5 Å². The molecule has 9 nitrogen and oxygen atoms in total. The van der Waals surface area contributed by atoms with Gasteiger partial charge in [0.15, 0.2) is 5.75 Å². The molecule has 3 N–H and O–H groups in total. The third-order valence-electron chi connectivity index (χ3n) is 5.28. The fraction of sp³-hybridized carbons (Fsp3) is 0.680. The molecule has 0 aromatic heterocycles. The monoisotopic (exact) mass is 647 g/mol. The van der Waals surface area contributed by atoms with Crippen molar-refractivity contribution in [3.63, 3.8) is 0 Å². The third-order valence-corrected chi connectivity index (χ3v) is 8.95. The summed E-state index contributed by atoms with van der Waals surface area (Å²) in [4.78, 5) is 23.5. The van der Waals surface area contributed by atoms with Gasteiger partial charge in [-0.2, -0.15) is 31.9 Å². The number of aliphatic hydroxyl groups excluding tert-OH is 1. The Hall–Kier alpha value is -0.890. The fourth-order valence-electron chi connectivity index (χ4n) is 3.12. The molecule has 224 valence electrons. The zero-order chi connectivity index (χ0) is 29.6. The minimum atomic E-state index is -4.30. The van der Waals surface area contributed by atoms with Gasteiger partial charge in [0, 0.05) is 18.2 Å².